The van der Waals surface area contributed by atoms with Gasteiger partial charge in [-0.25, -0.2) is 0 Å². The van der Waals surface area contributed by atoms with Gasteiger partial charge >= 0.3 is 5.97 Å². The lowest BCUT2D eigenvalue weighted by Crippen LogP contribution is -2.60. The molecule has 1 unspecified atom stereocenters. The minimum atomic E-state index is -1.25. The van der Waals surface area contributed by atoms with Crippen molar-refractivity contribution in [1.29, 1.82) is 0 Å². The summed E-state index contributed by atoms with van der Waals surface area (Å²) in [6, 6.07) is 0. The van der Waals surface area contributed by atoms with E-state index in [1.165, 1.54) is 32.6 Å². The lowest BCUT2D eigenvalue weighted by molar-refractivity contribution is -0.234. The third-order valence-electron chi connectivity index (χ3n) is 16.5. The summed E-state index contributed by atoms with van der Waals surface area (Å²) in [6.07, 6.45) is 6.84. The lowest BCUT2D eigenvalue weighted by Gasteiger charge is -2.63. The summed E-state index contributed by atoms with van der Waals surface area (Å²) in [5.41, 5.74) is -0.964. The summed E-state index contributed by atoms with van der Waals surface area (Å²) >= 11 is 0. The van der Waals surface area contributed by atoms with Gasteiger partial charge in [-0.2, -0.15) is 0 Å². The fourth-order valence-electron chi connectivity index (χ4n) is 14.4. The van der Waals surface area contributed by atoms with Crippen molar-refractivity contribution in [2.24, 2.45) is 50.7 Å². The number of aliphatic hydroxyl groups is 2. The molecule has 0 aromatic carbocycles. The van der Waals surface area contributed by atoms with Gasteiger partial charge in [0.1, 0.15) is 0 Å². The predicted octanol–water partition coefficient (Wildman–Crippen LogP) is 4.94. The fraction of sp³-hybridized carbons (Fsp3) is 0.974. The van der Waals surface area contributed by atoms with E-state index in [0.717, 1.165) is 45.5 Å². The van der Waals surface area contributed by atoms with Crippen molar-refractivity contribution in [3.63, 3.8) is 0 Å². The Balaban J connectivity index is 1.04. The highest BCUT2D eigenvalue weighted by molar-refractivity contribution is 5.66. The zero-order chi connectivity index (χ0) is 34.2. The molecule has 5 aliphatic carbocycles. The second kappa shape index (κ2) is 11.1. The molecule has 2 spiro atoms. The van der Waals surface area contributed by atoms with Crippen molar-refractivity contribution in [3.8, 4) is 0 Å². The van der Waals surface area contributed by atoms with Gasteiger partial charge in [-0.1, -0.05) is 34.6 Å². The molecule has 0 amide bonds. The Morgan fingerprint density at radius 2 is 1.73 bits per heavy atom. The van der Waals surface area contributed by atoms with E-state index in [4.69, 9.17) is 23.7 Å². The van der Waals surface area contributed by atoms with Gasteiger partial charge in [0.05, 0.1) is 49.3 Å². The zero-order valence-corrected chi connectivity index (χ0v) is 30.8. The number of carbonyl (C=O) groups is 1. The number of fused-ring (bicyclic) bond motifs is 6. The van der Waals surface area contributed by atoms with E-state index < -0.39 is 29.9 Å². The van der Waals surface area contributed by atoms with Crippen molar-refractivity contribution in [2.45, 2.75) is 155 Å². The molecule has 3 heterocycles. The molecule has 2 bridgehead atoms. The van der Waals surface area contributed by atoms with Gasteiger partial charge < -0.3 is 33.9 Å². The highest BCUT2D eigenvalue weighted by Gasteiger charge is 2.84. The first kappa shape index (κ1) is 34.3. The largest absolute Gasteiger partial charge is 0.457 e. The van der Waals surface area contributed by atoms with Gasteiger partial charge in [0, 0.05) is 32.0 Å². The van der Waals surface area contributed by atoms with Gasteiger partial charge in [0.25, 0.3) is 0 Å². The summed E-state index contributed by atoms with van der Waals surface area (Å²) in [7, 11) is 0. The Morgan fingerprint density at radius 3 is 2.46 bits per heavy atom. The molecule has 9 nitrogen and oxygen atoms in total. The van der Waals surface area contributed by atoms with E-state index in [1.807, 2.05) is 0 Å². The van der Waals surface area contributed by atoms with E-state index in [-0.39, 0.29) is 58.1 Å². The second-order valence-corrected chi connectivity index (χ2v) is 19.4. The Kier molecular flexibility index (Phi) is 7.93. The number of rotatable bonds is 5. The third kappa shape index (κ3) is 4.62. The van der Waals surface area contributed by atoms with Gasteiger partial charge in [0.2, 0.25) is 0 Å². The maximum atomic E-state index is 12.6. The van der Waals surface area contributed by atoms with Gasteiger partial charge in [0.15, 0.2) is 12.4 Å². The molecular formula is C39H63NO8. The number of morpholine rings is 1. The number of ether oxygens (including phenoxy) is 5. The molecule has 8 aliphatic rings. The fourth-order valence-corrected chi connectivity index (χ4v) is 14.4. The monoisotopic (exact) mass is 673 g/mol. The molecule has 8 rings (SSSR count). The quantitative estimate of drug-likeness (QED) is 0.393. The van der Waals surface area contributed by atoms with Gasteiger partial charge in [-0.3, -0.25) is 9.69 Å². The van der Waals surface area contributed by atoms with Crippen LogP contribution in [0.25, 0.3) is 0 Å². The Hall–Kier alpha value is -0.810. The summed E-state index contributed by atoms with van der Waals surface area (Å²) in [5.74, 6) is 1.11. The molecule has 8 fully saturated rings. The highest BCUT2D eigenvalue weighted by atomic mass is 16.7. The number of carbonyl (C=O) groups excluding carboxylic acids is 1. The van der Waals surface area contributed by atoms with Crippen LogP contribution in [0.1, 0.15) is 107 Å². The standard InChI is InChI=1S/C39H63NO8/c1-22-17-25(33(35(5,6)43)46-23(2)41)47-31-30(22)36(7)13-14-39-21-38(39)12-11-28(48-29-19-40-15-16-44-24(18-40)20-45-29)34(3,4)26(38)9-10-27(39)37(36,8)32(31)42/h22,24-33,42-43H,9-21H2,1-8H3/t22-,24+,25-,26+,27+,28+,29+,30+,31+,32+,33+,36-,37-,38-,39+/m1/s1. The number of esters is 1. The van der Waals surface area contributed by atoms with Crippen LogP contribution in [0.2, 0.25) is 0 Å². The minimum absolute atomic E-state index is 0.0426. The number of nitrogens with zero attached hydrogens (tertiary/aromatic N) is 1. The van der Waals surface area contributed by atoms with Crippen LogP contribution >= 0.6 is 0 Å². The zero-order valence-electron chi connectivity index (χ0n) is 30.8. The van der Waals surface area contributed by atoms with E-state index in [1.54, 1.807) is 13.8 Å². The maximum Gasteiger partial charge on any atom is 0.303 e. The Bertz CT molecular complexity index is 1280. The van der Waals surface area contributed by atoms with Crippen LogP contribution in [0.4, 0.5) is 0 Å². The molecule has 16 atom stereocenters. The van der Waals surface area contributed by atoms with Crippen LogP contribution in [-0.2, 0) is 28.5 Å². The van der Waals surface area contributed by atoms with E-state index in [0.29, 0.717) is 30.3 Å². The molecule has 3 saturated heterocycles. The normalized spacial score (nSPS) is 54.3. The van der Waals surface area contributed by atoms with Crippen LogP contribution in [0.5, 0.6) is 0 Å². The summed E-state index contributed by atoms with van der Waals surface area (Å²) < 4.78 is 31.7. The summed E-state index contributed by atoms with van der Waals surface area (Å²) in [4.78, 5) is 14.5. The van der Waals surface area contributed by atoms with Crippen LogP contribution in [-0.4, -0.2) is 102 Å². The molecular weight excluding hydrogens is 610 g/mol. The third-order valence-corrected chi connectivity index (χ3v) is 16.5. The predicted molar refractivity (Wildman–Crippen MR) is 179 cm³/mol. The van der Waals surface area contributed by atoms with E-state index in [9.17, 15) is 15.0 Å². The highest BCUT2D eigenvalue weighted by Crippen LogP contribution is 2.89. The Morgan fingerprint density at radius 1 is 1.00 bits per heavy atom. The Labute approximate surface area is 288 Å². The van der Waals surface area contributed by atoms with Crippen LogP contribution in [0.3, 0.4) is 0 Å². The molecule has 9 heteroatoms. The minimum Gasteiger partial charge on any atom is -0.457 e. The number of hydrogen-bond donors (Lipinski definition) is 2. The van der Waals surface area contributed by atoms with Crippen LogP contribution in [0, 0.1) is 50.7 Å². The molecule has 272 valence electrons. The number of hydrogen-bond acceptors (Lipinski definition) is 9. The molecule has 48 heavy (non-hydrogen) atoms. The van der Waals surface area contributed by atoms with E-state index >= 15 is 0 Å². The average molecular weight is 674 g/mol. The van der Waals surface area contributed by atoms with Crippen molar-refractivity contribution in [2.75, 3.05) is 32.8 Å². The van der Waals surface area contributed by atoms with Gasteiger partial charge in [-0.15, -0.1) is 0 Å². The SMILES string of the molecule is CC(=O)O[C@@H]([C@H]1C[C@@H](C)[C@H]2[C@H](O1)[C@H](O)[C@@]1(C)[C@@H]3CC[C@H]4C(C)(C)[C@@H](O[C@H]5CN6CCO[C@H](CO5)C6)CC[C@@]45C[C@@]35CC[C@]21C)C(C)(C)O. The van der Waals surface area contributed by atoms with Crippen molar-refractivity contribution >= 4 is 5.97 Å². The first-order valence-electron chi connectivity index (χ1n) is 19.3. The molecule has 0 aromatic heterocycles. The second-order valence-electron chi connectivity index (χ2n) is 19.4. The molecule has 2 N–H and O–H groups in total. The van der Waals surface area contributed by atoms with Crippen LogP contribution in [0.15, 0.2) is 0 Å². The van der Waals surface area contributed by atoms with Gasteiger partial charge in [-0.05, 0) is 111 Å². The molecule has 0 aromatic rings. The van der Waals surface area contributed by atoms with E-state index in [2.05, 4.69) is 39.5 Å². The van der Waals surface area contributed by atoms with Crippen molar-refractivity contribution in [3.05, 3.63) is 0 Å². The first-order chi connectivity index (χ1) is 22.5. The average Bonchev–Trinajstić information content (AvgIpc) is 3.67. The summed E-state index contributed by atoms with van der Waals surface area (Å²) in [5, 5.41) is 23.6. The lowest BCUT2D eigenvalue weighted by atomic mass is 9.41. The molecule has 3 aliphatic heterocycles. The molecule has 0 radical (unpaired) electrons. The van der Waals surface area contributed by atoms with Crippen LogP contribution < -0.4 is 0 Å². The number of aliphatic hydroxyl groups excluding tert-OH is 1. The maximum absolute atomic E-state index is 12.6. The first-order valence-corrected chi connectivity index (χ1v) is 19.3. The van der Waals surface area contributed by atoms with Crippen molar-refractivity contribution < 1.29 is 38.7 Å². The smallest absolute Gasteiger partial charge is 0.303 e. The van der Waals surface area contributed by atoms with Crippen molar-refractivity contribution in [1.82, 2.24) is 4.90 Å². The summed E-state index contributed by atoms with van der Waals surface area (Å²) in [6.45, 7) is 21.0. The topological polar surface area (TPSA) is 107 Å². The molecule has 5 saturated carbocycles.